The fourth-order valence-corrected chi connectivity index (χ4v) is 2.94. The number of benzene rings is 1. The monoisotopic (exact) mass is 495 g/mol. The molecule has 1 fully saturated rings. The van der Waals surface area contributed by atoms with Crippen LogP contribution in [0.2, 0.25) is 0 Å². The Hall–Kier alpha value is -2.36. The maximum Gasteiger partial charge on any atom is 0.227 e. The fourth-order valence-electron chi connectivity index (χ4n) is 2.94. The zero-order valence-electron chi connectivity index (χ0n) is 16.1. The lowest BCUT2D eigenvalue weighted by molar-refractivity contribution is -0.117. The summed E-state index contributed by atoms with van der Waals surface area (Å²) in [7, 11) is 3.34. The van der Waals surface area contributed by atoms with E-state index in [9.17, 15) is 4.79 Å². The Labute approximate surface area is 182 Å². The van der Waals surface area contributed by atoms with Crippen molar-refractivity contribution in [1.82, 2.24) is 15.6 Å². The Morgan fingerprint density at radius 3 is 2.36 bits per heavy atom. The molecule has 0 spiro atoms. The van der Waals surface area contributed by atoms with E-state index < -0.39 is 0 Å². The highest BCUT2D eigenvalue weighted by atomic mass is 127. The molecule has 2 N–H and O–H groups in total. The molecular formula is C20H26IN5O2. The highest BCUT2D eigenvalue weighted by Crippen LogP contribution is 2.21. The third-order valence-electron chi connectivity index (χ3n) is 4.47. The highest BCUT2D eigenvalue weighted by molar-refractivity contribution is 14.0. The second-order valence-corrected chi connectivity index (χ2v) is 6.30. The Kier molecular flexibility index (Phi) is 8.49. The van der Waals surface area contributed by atoms with Gasteiger partial charge in [-0.25, -0.2) is 4.98 Å². The zero-order valence-corrected chi connectivity index (χ0v) is 18.5. The molecule has 1 aromatic carbocycles. The van der Waals surface area contributed by atoms with Crippen LogP contribution in [0.1, 0.15) is 24.0 Å². The summed E-state index contributed by atoms with van der Waals surface area (Å²) < 4.78 is 5.06. The molecule has 1 aliphatic heterocycles. The van der Waals surface area contributed by atoms with Gasteiger partial charge in [-0.15, -0.1) is 24.0 Å². The molecule has 0 radical (unpaired) electrons. The van der Waals surface area contributed by atoms with Crippen molar-refractivity contribution in [1.29, 1.82) is 0 Å². The predicted molar refractivity (Wildman–Crippen MR) is 121 cm³/mol. The molecule has 2 heterocycles. The van der Waals surface area contributed by atoms with E-state index in [1.165, 1.54) is 0 Å². The molecule has 0 bridgehead atoms. The number of hydrogen-bond acceptors (Lipinski definition) is 4. The molecule has 1 aromatic heterocycles. The molecule has 0 aliphatic carbocycles. The maximum atomic E-state index is 11.8. The quantitative estimate of drug-likeness (QED) is 0.366. The van der Waals surface area contributed by atoms with Crippen molar-refractivity contribution < 1.29 is 9.53 Å². The number of rotatable bonds is 6. The van der Waals surface area contributed by atoms with E-state index in [-0.39, 0.29) is 29.9 Å². The van der Waals surface area contributed by atoms with Gasteiger partial charge in [-0.3, -0.25) is 9.79 Å². The van der Waals surface area contributed by atoms with Crippen LogP contribution in [-0.4, -0.2) is 37.6 Å². The summed E-state index contributed by atoms with van der Waals surface area (Å²) in [6.45, 7) is 2.08. The summed E-state index contributed by atoms with van der Waals surface area (Å²) in [5.41, 5.74) is 3.13. The fraction of sp³-hybridized carbons (Fsp3) is 0.350. The lowest BCUT2D eigenvalue weighted by atomic mass is 10.2. The van der Waals surface area contributed by atoms with Gasteiger partial charge in [0.05, 0.1) is 7.11 Å². The molecule has 150 valence electrons. The standard InChI is InChI=1S/C20H25N5O2.HI/c1-21-20(24-14-16-7-10-18(27-2)22-13-16)23-12-15-5-8-17(9-6-15)25-11-3-4-19(25)26;/h5-10,13H,3-4,11-12,14H2,1-2H3,(H2,21,23,24);1H. The number of carbonyl (C=O) groups is 1. The Bertz CT molecular complexity index is 793. The number of aliphatic imine (C=N–C) groups is 1. The second kappa shape index (κ2) is 10.8. The second-order valence-electron chi connectivity index (χ2n) is 6.30. The van der Waals surface area contributed by atoms with Crippen molar-refractivity contribution >= 4 is 41.5 Å². The first-order valence-electron chi connectivity index (χ1n) is 9.02. The summed E-state index contributed by atoms with van der Waals surface area (Å²) >= 11 is 0. The number of amides is 1. The first-order valence-corrected chi connectivity index (χ1v) is 9.02. The van der Waals surface area contributed by atoms with Gasteiger partial charge >= 0.3 is 0 Å². The predicted octanol–water partition coefficient (Wildman–Crippen LogP) is 2.70. The van der Waals surface area contributed by atoms with E-state index in [1.807, 2.05) is 41.3 Å². The molecule has 0 saturated carbocycles. The Morgan fingerprint density at radius 2 is 1.82 bits per heavy atom. The normalized spacial score (nSPS) is 13.9. The molecule has 1 saturated heterocycles. The summed E-state index contributed by atoms with van der Waals surface area (Å²) in [5, 5.41) is 6.55. The number of aromatic nitrogens is 1. The highest BCUT2D eigenvalue weighted by Gasteiger charge is 2.21. The number of nitrogens with zero attached hydrogens (tertiary/aromatic N) is 3. The van der Waals surface area contributed by atoms with Crippen LogP contribution in [0.5, 0.6) is 5.88 Å². The number of methoxy groups -OCH3 is 1. The van der Waals surface area contributed by atoms with E-state index in [2.05, 4.69) is 20.6 Å². The van der Waals surface area contributed by atoms with Gasteiger partial charge in [-0.2, -0.15) is 0 Å². The molecule has 7 nitrogen and oxygen atoms in total. The lowest BCUT2D eigenvalue weighted by Crippen LogP contribution is -2.36. The molecule has 1 amide bonds. The van der Waals surface area contributed by atoms with Crippen LogP contribution >= 0.6 is 24.0 Å². The molecule has 0 unspecified atom stereocenters. The number of carbonyl (C=O) groups excluding carboxylic acids is 1. The summed E-state index contributed by atoms with van der Waals surface area (Å²) in [4.78, 5) is 22.1. The first-order chi connectivity index (χ1) is 13.2. The molecule has 28 heavy (non-hydrogen) atoms. The number of guanidine groups is 1. The van der Waals surface area contributed by atoms with Crippen LogP contribution in [0, 0.1) is 0 Å². The summed E-state index contributed by atoms with van der Waals surface area (Å²) in [5.74, 6) is 1.52. The van der Waals surface area contributed by atoms with Crippen molar-refractivity contribution in [3.05, 3.63) is 53.7 Å². The van der Waals surface area contributed by atoms with Crippen molar-refractivity contribution in [3.8, 4) is 5.88 Å². The van der Waals surface area contributed by atoms with Crippen LogP contribution in [-0.2, 0) is 17.9 Å². The van der Waals surface area contributed by atoms with Gasteiger partial charge in [-0.1, -0.05) is 18.2 Å². The molecule has 8 heteroatoms. The summed E-state index contributed by atoms with van der Waals surface area (Å²) in [6, 6.07) is 11.9. The van der Waals surface area contributed by atoms with Crippen LogP contribution in [0.25, 0.3) is 0 Å². The maximum absolute atomic E-state index is 11.8. The van der Waals surface area contributed by atoms with Crippen LogP contribution in [0.15, 0.2) is 47.6 Å². The van der Waals surface area contributed by atoms with E-state index in [0.717, 1.165) is 29.8 Å². The minimum absolute atomic E-state index is 0. The van der Waals surface area contributed by atoms with E-state index in [4.69, 9.17) is 4.74 Å². The Morgan fingerprint density at radius 1 is 1.14 bits per heavy atom. The number of hydrogen-bond donors (Lipinski definition) is 2. The van der Waals surface area contributed by atoms with Crippen molar-refractivity contribution in [2.45, 2.75) is 25.9 Å². The van der Waals surface area contributed by atoms with Gasteiger partial charge < -0.3 is 20.3 Å². The molecule has 1 aliphatic rings. The smallest absolute Gasteiger partial charge is 0.227 e. The minimum Gasteiger partial charge on any atom is -0.481 e. The van der Waals surface area contributed by atoms with Gasteiger partial charge in [0.25, 0.3) is 0 Å². The third-order valence-corrected chi connectivity index (χ3v) is 4.47. The van der Waals surface area contributed by atoms with Gasteiger partial charge in [0.15, 0.2) is 5.96 Å². The molecule has 0 atom stereocenters. The first kappa shape index (κ1) is 21.9. The lowest BCUT2D eigenvalue weighted by Gasteiger charge is -2.16. The number of ether oxygens (including phenoxy) is 1. The topological polar surface area (TPSA) is 78.9 Å². The molecular weight excluding hydrogens is 469 g/mol. The SMILES string of the molecule is CN=C(NCc1ccc(N2CCCC2=O)cc1)NCc1ccc(OC)nc1.I. The average Bonchev–Trinajstić information content (AvgIpc) is 3.15. The van der Waals surface area contributed by atoms with Crippen molar-refractivity contribution in [2.24, 2.45) is 4.99 Å². The van der Waals surface area contributed by atoms with Crippen LogP contribution in [0.4, 0.5) is 5.69 Å². The molecule has 3 rings (SSSR count). The average molecular weight is 495 g/mol. The third kappa shape index (κ3) is 5.82. The van der Waals surface area contributed by atoms with E-state index in [0.29, 0.717) is 31.3 Å². The zero-order chi connectivity index (χ0) is 19.1. The van der Waals surface area contributed by atoms with Gasteiger partial charge in [-0.05, 0) is 29.7 Å². The number of pyridine rings is 1. The number of halogens is 1. The number of anilines is 1. The Balaban J connectivity index is 0.00000280. The van der Waals surface area contributed by atoms with Gasteiger partial charge in [0.1, 0.15) is 0 Å². The van der Waals surface area contributed by atoms with Gasteiger partial charge in [0.2, 0.25) is 11.8 Å². The minimum atomic E-state index is 0. The van der Waals surface area contributed by atoms with Crippen LogP contribution in [0.3, 0.4) is 0 Å². The number of nitrogens with one attached hydrogen (secondary N) is 2. The van der Waals surface area contributed by atoms with Crippen molar-refractivity contribution in [3.63, 3.8) is 0 Å². The van der Waals surface area contributed by atoms with Crippen molar-refractivity contribution in [2.75, 3.05) is 25.6 Å². The van der Waals surface area contributed by atoms with Crippen LogP contribution < -0.4 is 20.3 Å². The van der Waals surface area contributed by atoms with Gasteiger partial charge in [0, 0.05) is 51.1 Å². The molecule has 2 aromatic rings. The van der Waals surface area contributed by atoms with E-state index in [1.54, 1.807) is 20.4 Å². The largest absolute Gasteiger partial charge is 0.481 e. The van der Waals surface area contributed by atoms with E-state index >= 15 is 0 Å². The summed E-state index contributed by atoms with van der Waals surface area (Å²) in [6.07, 6.45) is 3.36.